The van der Waals surface area contributed by atoms with Crippen molar-refractivity contribution in [2.75, 3.05) is 25.0 Å². The first kappa shape index (κ1) is 10.6. The van der Waals surface area contributed by atoms with E-state index in [1.165, 1.54) is 11.3 Å². The summed E-state index contributed by atoms with van der Waals surface area (Å²) in [4.78, 5) is 6.42. The molecule has 0 aliphatic carbocycles. The van der Waals surface area contributed by atoms with Crippen molar-refractivity contribution in [3.8, 4) is 12.3 Å². The summed E-state index contributed by atoms with van der Waals surface area (Å²) in [5, 5.41) is 3.14. The Morgan fingerprint density at radius 3 is 3.12 bits per heavy atom. The Morgan fingerprint density at radius 2 is 2.38 bits per heavy atom. The van der Waals surface area contributed by atoms with Crippen LogP contribution in [-0.2, 0) is 6.42 Å². The molecule has 3 nitrogen and oxygen atoms in total. The Hall–Kier alpha value is -1.95. The minimum atomic E-state index is 0.505. The van der Waals surface area contributed by atoms with Crippen LogP contribution in [0.1, 0.15) is 5.56 Å². The molecule has 0 amide bonds. The van der Waals surface area contributed by atoms with Gasteiger partial charge in [-0.25, -0.2) is 0 Å². The quantitative estimate of drug-likeness (QED) is 0.432. The molecule has 0 saturated heterocycles. The number of hydrogen-bond acceptors (Lipinski definition) is 1. The van der Waals surface area contributed by atoms with Crippen molar-refractivity contribution >= 4 is 11.6 Å². The van der Waals surface area contributed by atoms with Crippen molar-refractivity contribution in [2.45, 2.75) is 6.42 Å². The summed E-state index contributed by atoms with van der Waals surface area (Å²) in [7, 11) is 1.78. The maximum Gasteiger partial charge on any atom is 0.198 e. The summed E-state index contributed by atoms with van der Waals surface area (Å²) in [6, 6.07) is 8.39. The zero-order chi connectivity index (χ0) is 11.4. The van der Waals surface area contributed by atoms with Crippen LogP contribution in [-0.4, -0.2) is 26.1 Å². The molecule has 1 aliphatic rings. The van der Waals surface area contributed by atoms with Crippen LogP contribution in [0.4, 0.5) is 5.69 Å². The largest absolute Gasteiger partial charge is 0.345 e. The van der Waals surface area contributed by atoms with E-state index in [0.29, 0.717) is 6.54 Å². The Morgan fingerprint density at radius 1 is 1.56 bits per heavy atom. The Balaban J connectivity index is 2.21. The van der Waals surface area contributed by atoms with Crippen LogP contribution in [0.5, 0.6) is 0 Å². The lowest BCUT2D eigenvalue weighted by atomic mass is 10.2. The van der Waals surface area contributed by atoms with Gasteiger partial charge in [-0.15, -0.1) is 6.42 Å². The van der Waals surface area contributed by atoms with E-state index in [4.69, 9.17) is 6.42 Å². The second kappa shape index (κ2) is 4.71. The van der Waals surface area contributed by atoms with E-state index in [1.807, 2.05) is 6.07 Å². The summed E-state index contributed by atoms with van der Waals surface area (Å²) in [6.07, 6.45) is 6.30. The summed E-state index contributed by atoms with van der Waals surface area (Å²) in [6.45, 7) is 1.47. The maximum atomic E-state index is 5.24. The van der Waals surface area contributed by atoms with Crippen molar-refractivity contribution in [1.82, 2.24) is 5.32 Å². The van der Waals surface area contributed by atoms with Crippen LogP contribution in [0, 0.1) is 12.3 Å². The molecule has 0 saturated carbocycles. The number of guanidine groups is 1. The molecular formula is C13H15N3. The van der Waals surface area contributed by atoms with E-state index in [1.54, 1.807) is 7.05 Å². The second-order valence-electron chi connectivity index (χ2n) is 3.64. The van der Waals surface area contributed by atoms with Gasteiger partial charge in [0.05, 0.1) is 6.54 Å². The minimum absolute atomic E-state index is 0.505. The summed E-state index contributed by atoms with van der Waals surface area (Å²) >= 11 is 0. The van der Waals surface area contributed by atoms with E-state index < -0.39 is 0 Å². The molecule has 16 heavy (non-hydrogen) atoms. The fourth-order valence-electron chi connectivity index (χ4n) is 1.98. The first-order valence-electron chi connectivity index (χ1n) is 5.36. The molecule has 1 aromatic carbocycles. The topological polar surface area (TPSA) is 27.6 Å². The summed E-state index contributed by atoms with van der Waals surface area (Å²) in [5.41, 5.74) is 2.60. The van der Waals surface area contributed by atoms with E-state index >= 15 is 0 Å². The SMILES string of the molecule is C#CCNC(=NC)N1CCc2ccccc21. The van der Waals surface area contributed by atoms with Crippen molar-refractivity contribution in [3.05, 3.63) is 29.8 Å². The van der Waals surface area contributed by atoms with Gasteiger partial charge in [0.2, 0.25) is 0 Å². The number of nitrogens with one attached hydrogen (secondary N) is 1. The van der Waals surface area contributed by atoms with Gasteiger partial charge in [-0.1, -0.05) is 24.1 Å². The second-order valence-corrected chi connectivity index (χ2v) is 3.64. The molecule has 2 rings (SSSR count). The third kappa shape index (κ3) is 1.87. The monoisotopic (exact) mass is 213 g/mol. The predicted molar refractivity (Wildman–Crippen MR) is 67.7 cm³/mol. The minimum Gasteiger partial charge on any atom is -0.345 e. The van der Waals surface area contributed by atoms with Crippen LogP contribution in [0.25, 0.3) is 0 Å². The Labute approximate surface area is 96.2 Å². The molecule has 1 aliphatic heterocycles. The van der Waals surface area contributed by atoms with Crippen LogP contribution < -0.4 is 10.2 Å². The van der Waals surface area contributed by atoms with E-state index in [-0.39, 0.29) is 0 Å². The number of nitrogens with zero attached hydrogens (tertiary/aromatic N) is 2. The number of hydrogen-bond donors (Lipinski definition) is 1. The maximum absolute atomic E-state index is 5.24. The molecule has 0 bridgehead atoms. The molecular weight excluding hydrogens is 198 g/mol. The number of fused-ring (bicyclic) bond motifs is 1. The van der Waals surface area contributed by atoms with Gasteiger partial charge in [0, 0.05) is 19.3 Å². The highest BCUT2D eigenvalue weighted by atomic mass is 15.3. The molecule has 1 aromatic rings. The van der Waals surface area contributed by atoms with Crippen molar-refractivity contribution in [3.63, 3.8) is 0 Å². The van der Waals surface area contributed by atoms with E-state index in [9.17, 15) is 0 Å². The number of anilines is 1. The molecule has 82 valence electrons. The van der Waals surface area contributed by atoms with Crippen LogP contribution in [0.3, 0.4) is 0 Å². The van der Waals surface area contributed by atoms with Crippen LogP contribution in [0.2, 0.25) is 0 Å². The van der Waals surface area contributed by atoms with Crippen molar-refractivity contribution < 1.29 is 0 Å². The highest BCUT2D eigenvalue weighted by Gasteiger charge is 2.21. The van der Waals surface area contributed by atoms with Crippen LogP contribution in [0.15, 0.2) is 29.3 Å². The van der Waals surface area contributed by atoms with Crippen molar-refractivity contribution in [2.24, 2.45) is 4.99 Å². The first-order chi connectivity index (χ1) is 7.86. The molecule has 0 radical (unpaired) electrons. The lowest BCUT2D eigenvalue weighted by Crippen LogP contribution is -2.40. The Kier molecular flexibility index (Phi) is 3.11. The first-order valence-corrected chi connectivity index (χ1v) is 5.36. The summed E-state index contributed by atoms with van der Waals surface area (Å²) < 4.78 is 0. The lowest BCUT2D eigenvalue weighted by molar-refractivity contribution is 0.944. The van der Waals surface area contributed by atoms with Gasteiger partial charge < -0.3 is 10.2 Å². The van der Waals surface area contributed by atoms with Crippen LogP contribution >= 0.6 is 0 Å². The molecule has 0 atom stereocenters. The van der Waals surface area contributed by atoms with Crippen molar-refractivity contribution in [1.29, 1.82) is 0 Å². The molecule has 3 heteroatoms. The Bertz CT molecular complexity index is 443. The predicted octanol–water partition coefficient (Wildman–Crippen LogP) is 1.26. The number of benzene rings is 1. The fourth-order valence-corrected chi connectivity index (χ4v) is 1.98. The zero-order valence-electron chi connectivity index (χ0n) is 9.40. The number of terminal acetylenes is 1. The average Bonchev–Trinajstić information content (AvgIpc) is 2.75. The highest BCUT2D eigenvalue weighted by molar-refractivity contribution is 5.98. The van der Waals surface area contributed by atoms with E-state index in [2.05, 4.69) is 39.3 Å². The average molecular weight is 213 g/mol. The molecule has 1 N–H and O–H groups in total. The smallest absolute Gasteiger partial charge is 0.198 e. The fraction of sp³-hybridized carbons (Fsp3) is 0.308. The third-order valence-electron chi connectivity index (χ3n) is 2.70. The lowest BCUT2D eigenvalue weighted by Gasteiger charge is -2.21. The van der Waals surface area contributed by atoms with Gasteiger partial charge >= 0.3 is 0 Å². The standard InChI is InChI=1S/C13H15N3/c1-3-9-15-13(14-2)16-10-8-11-6-4-5-7-12(11)16/h1,4-7H,8-10H2,2H3,(H,14,15). The highest BCUT2D eigenvalue weighted by Crippen LogP contribution is 2.27. The van der Waals surface area contributed by atoms with Gasteiger partial charge in [-0.2, -0.15) is 0 Å². The molecule has 0 spiro atoms. The molecule has 0 aromatic heterocycles. The third-order valence-corrected chi connectivity index (χ3v) is 2.70. The van der Waals surface area contributed by atoms with Gasteiger partial charge in [0.15, 0.2) is 5.96 Å². The normalized spacial score (nSPS) is 14.5. The molecule has 0 unspecified atom stereocenters. The summed E-state index contributed by atoms with van der Waals surface area (Å²) in [5.74, 6) is 3.41. The van der Waals surface area contributed by atoms with E-state index in [0.717, 1.165) is 18.9 Å². The molecule has 1 heterocycles. The van der Waals surface area contributed by atoms with Gasteiger partial charge in [-0.3, -0.25) is 4.99 Å². The number of para-hydroxylation sites is 1. The van der Waals surface area contributed by atoms with Gasteiger partial charge in [0.25, 0.3) is 0 Å². The molecule has 0 fully saturated rings. The van der Waals surface area contributed by atoms with Gasteiger partial charge in [0.1, 0.15) is 0 Å². The van der Waals surface area contributed by atoms with Gasteiger partial charge in [-0.05, 0) is 18.1 Å². The number of aliphatic imine (C=N–C) groups is 1. The zero-order valence-corrected chi connectivity index (χ0v) is 9.40. The number of rotatable bonds is 1.